The van der Waals surface area contributed by atoms with Crippen LogP contribution in [0.25, 0.3) is 0 Å². The van der Waals surface area contributed by atoms with Gasteiger partial charge in [-0.25, -0.2) is 0 Å². The first-order valence-electron chi connectivity index (χ1n) is 7.75. The molecule has 1 saturated carbocycles. The fourth-order valence-corrected chi connectivity index (χ4v) is 3.75. The van der Waals surface area contributed by atoms with Crippen molar-refractivity contribution in [1.82, 2.24) is 5.32 Å². The zero-order chi connectivity index (χ0) is 15.2. The van der Waals surface area contributed by atoms with Gasteiger partial charge in [0.25, 0.3) is 0 Å². The number of amides is 1. The molecule has 116 valence electrons. The fraction of sp³-hybridized carbons (Fsp3) is 0.588. The summed E-state index contributed by atoms with van der Waals surface area (Å²) >= 11 is 2.00. The van der Waals surface area contributed by atoms with Crippen LogP contribution in [-0.2, 0) is 4.79 Å². The molecule has 1 fully saturated rings. The summed E-state index contributed by atoms with van der Waals surface area (Å²) in [7, 11) is 0. The van der Waals surface area contributed by atoms with E-state index in [-0.39, 0.29) is 5.91 Å². The molecule has 1 atom stereocenters. The number of thioether (sulfide) groups is 1. The molecule has 2 rings (SSSR count). The lowest BCUT2D eigenvalue weighted by Crippen LogP contribution is -2.35. The second-order valence-electron chi connectivity index (χ2n) is 5.90. The summed E-state index contributed by atoms with van der Waals surface area (Å²) < 4.78 is 0. The average Bonchev–Trinajstić information content (AvgIpc) is 2.47. The summed E-state index contributed by atoms with van der Waals surface area (Å²) in [5.74, 6) is -0.0249. The Morgan fingerprint density at radius 1 is 1.29 bits per heavy atom. The van der Waals surface area contributed by atoms with Crippen molar-refractivity contribution in [1.29, 1.82) is 0 Å². The first-order valence-corrected chi connectivity index (χ1v) is 9.03. The molecule has 2 N–H and O–H groups in total. The number of nitrogens with one attached hydrogen (secondary N) is 2. The van der Waals surface area contributed by atoms with E-state index in [4.69, 9.17) is 0 Å². The lowest BCUT2D eigenvalue weighted by Gasteiger charge is -2.30. The second-order valence-corrected chi connectivity index (χ2v) is 7.04. The topological polar surface area (TPSA) is 41.1 Å². The molecular weight excluding hydrogens is 280 g/mol. The van der Waals surface area contributed by atoms with Gasteiger partial charge in [-0.2, -0.15) is 11.8 Å². The minimum atomic E-state index is -0.0249. The highest BCUT2D eigenvalue weighted by Gasteiger charge is 2.21. The molecule has 0 spiro atoms. The predicted molar refractivity (Wildman–Crippen MR) is 91.9 cm³/mol. The van der Waals surface area contributed by atoms with Crippen LogP contribution in [0.15, 0.2) is 24.3 Å². The Morgan fingerprint density at radius 2 is 2.00 bits per heavy atom. The van der Waals surface area contributed by atoms with Crippen molar-refractivity contribution < 1.29 is 4.79 Å². The second kappa shape index (κ2) is 7.85. The smallest absolute Gasteiger partial charge is 0.221 e. The van der Waals surface area contributed by atoms with Crippen molar-refractivity contribution in [3.8, 4) is 0 Å². The van der Waals surface area contributed by atoms with Crippen LogP contribution in [0.3, 0.4) is 0 Å². The van der Waals surface area contributed by atoms with Gasteiger partial charge in [-0.1, -0.05) is 12.1 Å². The molecule has 1 aliphatic rings. The van der Waals surface area contributed by atoms with E-state index in [1.807, 2.05) is 23.9 Å². The van der Waals surface area contributed by atoms with Crippen molar-refractivity contribution in [2.24, 2.45) is 0 Å². The lowest BCUT2D eigenvalue weighted by atomic mass is 9.93. The molecule has 0 radical (unpaired) electrons. The van der Waals surface area contributed by atoms with Crippen molar-refractivity contribution >= 4 is 23.4 Å². The van der Waals surface area contributed by atoms with Gasteiger partial charge in [-0.3, -0.25) is 4.79 Å². The number of carbonyl (C=O) groups is 1. The van der Waals surface area contributed by atoms with Gasteiger partial charge < -0.3 is 10.6 Å². The van der Waals surface area contributed by atoms with Gasteiger partial charge in [0.15, 0.2) is 0 Å². The lowest BCUT2D eigenvalue weighted by molar-refractivity contribution is -0.114. The van der Waals surface area contributed by atoms with Crippen LogP contribution >= 0.6 is 11.8 Å². The van der Waals surface area contributed by atoms with E-state index in [1.54, 1.807) is 6.92 Å². The molecule has 0 aliphatic heterocycles. The van der Waals surface area contributed by atoms with Gasteiger partial charge in [0, 0.05) is 29.9 Å². The van der Waals surface area contributed by atoms with Crippen molar-refractivity contribution in [3.63, 3.8) is 0 Å². The maximum Gasteiger partial charge on any atom is 0.221 e. The summed E-state index contributed by atoms with van der Waals surface area (Å²) in [6, 6.07) is 9.05. The van der Waals surface area contributed by atoms with Gasteiger partial charge in [0.1, 0.15) is 0 Å². The Hall–Kier alpha value is -1.00. The van der Waals surface area contributed by atoms with E-state index < -0.39 is 0 Å². The zero-order valence-corrected chi connectivity index (χ0v) is 14.0. The fourth-order valence-electron chi connectivity index (χ4n) is 3.00. The van der Waals surface area contributed by atoms with Crippen LogP contribution in [0, 0.1) is 0 Å². The van der Waals surface area contributed by atoms with Crippen LogP contribution in [-0.4, -0.2) is 23.5 Å². The van der Waals surface area contributed by atoms with Crippen molar-refractivity contribution in [3.05, 3.63) is 29.8 Å². The summed E-state index contributed by atoms with van der Waals surface area (Å²) in [5.41, 5.74) is 2.10. The Kier molecular flexibility index (Phi) is 6.12. The van der Waals surface area contributed by atoms with Crippen LogP contribution in [0.4, 0.5) is 5.69 Å². The number of anilines is 1. The summed E-state index contributed by atoms with van der Waals surface area (Å²) in [6.07, 6.45) is 7.38. The van der Waals surface area contributed by atoms with E-state index in [0.29, 0.717) is 12.1 Å². The number of hydrogen-bond donors (Lipinski definition) is 2. The standard InChI is InChI=1S/C17H26N2OS/c1-12(18-15-7-9-17(21-3)10-8-15)14-5-4-6-16(11-14)19-13(2)20/h4-6,11-12,15,17-18H,7-10H2,1-3H3,(H,19,20). The SMILES string of the molecule is CSC1CCC(NC(C)c2cccc(NC(C)=O)c2)CC1. The van der Waals surface area contributed by atoms with Crippen LogP contribution < -0.4 is 10.6 Å². The number of rotatable bonds is 5. The van der Waals surface area contributed by atoms with Crippen molar-refractivity contribution in [2.75, 3.05) is 11.6 Å². The molecule has 1 aromatic rings. The monoisotopic (exact) mass is 306 g/mol. The Labute approximate surface area is 132 Å². The van der Waals surface area contributed by atoms with Gasteiger partial charge >= 0.3 is 0 Å². The van der Waals surface area contributed by atoms with Crippen LogP contribution in [0.2, 0.25) is 0 Å². The molecule has 1 unspecified atom stereocenters. The highest BCUT2D eigenvalue weighted by atomic mass is 32.2. The minimum absolute atomic E-state index is 0.0249. The van der Waals surface area contributed by atoms with E-state index in [0.717, 1.165) is 10.9 Å². The molecule has 0 aromatic heterocycles. The molecule has 1 aliphatic carbocycles. The minimum Gasteiger partial charge on any atom is -0.326 e. The van der Waals surface area contributed by atoms with Gasteiger partial charge in [0.05, 0.1) is 0 Å². The first kappa shape index (κ1) is 16.4. The third-order valence-corrected chi connectivity index (χ3v) is 5.34. The van der Waals surface area contributed by atoms with Gasteiger partial charge in [0.2, 0.25) is 5.91 Å². The molecule has 0 heterocycles. The van der Waals surface area contributed by atoms with E-state index in [2.05, 4.69) is 35.9 Å². The van der Waals surface area contributed by atoms with Crippen molar-refractivity contribution in [2.45, 2.75) is 56.9 Å². The number of hydrogen-bond acceptors (Lipinski definition) is 3. The normalized spacial score (nSPS) is 23.6. The van der Waals surface area contributed by atoms with E-state index in [1.165, 1.54) is 31.2 Å². The molecular formula is C17H26N2OS. The average molecular weight is 306 g/mol. The van der Waals surface area contributed by atoms with Gasteiger partial charge in [-0.05, 0) is 56.6 Å². The first-order chi connectivity index (χ1) is 10.1. The number of benzene rings is 1. The maximum absolute atomic E-state index is 11.1. The molecule has 0 saturated heterocycles. The van der Waals surface area contributed by atoms with Gasteiger partial charge in [-0.15, -0.1) is 0 Å². The predicted octanol–water partition coefficient (Wildman–Crippen LogP) is 3.97. The highest BCUT2D eigenvalue weighted by molar-refractivity contribution is 7.99. The summed E-state index contributed by atoms with van der Waals surface area (Å²) in [6.45, 7) is 3.74. The van der Waals surface area contributed by atoms with Crippen LogP contribution in [0.1, 0.15) is 51.1 Å². The van der Waals surface area contributed by atoms with E-state index >= 15 is 0 Å². The molecule has 0 bridgehead atoms. The Morgan fingerprint density at radius 3 is 2.62 bits per heavy atom. The largest absolute Gasteiger partial charge is 0.326 e. The third kappa shape index (κ3) is 5.04. The molecule has 4 heteroatoms. The maximum atomic E-state index is 11.1. The quantitative estimate of drug-likeness (QED) is 0.865. The zero-order valence-electron chi connectivity index (χ0n) is 13.2. The Bertz CT molecular complexity index is 470. The molecule has 1 aromatic carbocycles. The third-order valence-electron chi connectivity index (χ3n) is 4.20. The number of carbonyl (C=O) groups excluding carboxylic acids is 1. The molecule has 21 heavy (non-hydrogen) atoms. The highest BCUT2D eigenvalue weighted by Crippen LogP contribution is 2.28. The molecule has 1 amide bonds. The summed E-state index contributed by atoms with van der Waals surface area (Å²) in [5, 5.41) is 7.43. The Balaban J connectivity index is 1.91. The van der Waals surface area contributed by atoms with E-state index in [9.17, 15) is 4.79 Å². The van der Waals surface area contributed by atoms with Crippen LogP contribution in [0.5, 0.6) is 0 Å². The summed E-state index contributed by atoms with van der Waals surface area (Å²) in [4.78, 5) is 11.1. The molecule has 3 nitrogen and oxygen atoms in total.